The Kier molecular flexibility index (Phi) is 39.4. The van der Waals surface area contributed by atoms with Gasteiger partial charge in [0.05, 0.1) is 64.1 Å². The molecule has 8 aromatic carbocycles. The number of ether oxygens (including phenoxy) is 5. The minimum Gasteiger partial charge on any atom is -0.497 e. The number of para-hydroxylation sites is 6. The van der Waals surface area contributed by atoms with Gasteiger partial charge in [-0.1, -0.05) is 162 Å². The van der Waals surface area contributed by atoms with Gasteiger partial charge in [-0.3, -0.25) is 4.79 Å². The quantitative estimate of drug-likeness (QED) is 0.0269. The zero-order valence-electron chi connectivity index (χ0n) is 82.1. The van der Waals surface area contributed by atoms with Crippen molar-refractivity contribution < 1.29 is 79.3 Å². The van der Waals surface area contributed by atoms with E-state index in [0.29, 0.717) is 71.6 Å². The minimum atomic E-state index is -0.432. The molecule has 732 valence electrons. The Balaban J connectivity index is 0.000000186. The van der Waals surface area contributed by atoms with Gasteiger partial charge in [-0.05, 0) is 261 Å². The van der Waals surface area contributed by atoms with Crippen molar-refractivity contribution in [1.82, 2.24) is 69.3 Å². The van der Waals surface area contributed by atoms with Gasteiger partial charge in [0.1, 0.15) is 82.7 Å². The lowest BCUT2D eigenvalue weighted by Crippen LogP contribution is -2.33. The Morgan fingerprint density at radius 3 is 0.958 bits per heavy atom. The molecule has 0 amide bonds. The standard InChI is InChI=1S/C19H16N3O2.C16H16N3O3.C15H13BrN3O2.C15H14N3O2.C14H12N3O.C13H9N4.C12H10N3.7CH3/c1-2-24-19(23)18-17-13-12-14-8-6-7-11-16(14)21(17)22(20-18)15-9-4-3-5-10-15;1-3-22-16(20)15-14-6-4-5-11-18(14)19(17-15)12-7-9-13(21-2)10-8-12;1-2-21-15(20)14-13-5-3-4-10-18(13)19(17-14)12-8-6-11(16)7-9-12;1-2-20-15(19)14-13-10-6-7-11-17(13)18(16-14)12-8-4-3-5-9-12;1-11(18)14-13-9-5-6-10-16(13)17(15-14)12-7-3-2-4-8-12;14-10-12-13-8-4-5-9-16(13)17(15-12)11-6-2-1-3-7-11;1-2-6-11(7-3-1)15-13-10-12-8-4-5-9-14(12)15;;;;;;;/h3-13H,2H2,1H3;4-11H,3H2,1-2H3;3-10H,2H2,1H3;3-11H,2H2,1H3;2-10H,1H3;1-9H;1-10H;7*1H3/q7*+1;7*-1. The van der Waals surface area contributed by atoms with Crippen LogP contribution in [0.15, 0.2) is 394 Å². The Morgan fingerprint density at radius 2 is 0.583 bits per heavy atom. The molecule has 0 aliphatic carbocycles. The number of pyridine rings is 7. The van der Waals surface area contributed by atoms with Crippen molar-refractivity contribution in [2.24, 2.45) is 0 Å². The van der Waals surface area contributed by atoms with Crippen LogP contribution in [0.1, 0.15) is 92.8 Å². The molecule has 0 saturated carbocycles. The molecule has 32 nitrogen and oxygen atoms in total. The van der Waals surface area contributed by atoms with Gasteiger partial charge in [0, 0.05) is 21.9 Å². The van der Waals surface area contributed by atoms with E-state index in [2.05, 4.69) is 57.7 Å². The van der Waals surface area contributed by atoms with E-state index in [4.69, 9.17) is 28.9 Å². The lowest BCUT2D eigenvalue weighted by Gasteiger charge is -2.00. The number of benzene rings is 8. The summed E-state index contributed by atoms with van der Waals surface area (Å²) in [5.74, 6) is -0.953. The van der Waals surface area contributed by atoms with Gasteiger partial charge in [-0.15, -0.1) is 31.6 Å². The fraction of sp³-hybridized carbons (Fsp3) is 0.0901. The SMILES string of the molecule is CC(=O)c1nn(-c2ccccc2)[n+]2ccccc12.CCOC(=O)c1nn(-c2ccc(Br)cc2)[n+]2ccccc12.CCOC(=O)c1nn(-c2ccc(OC)cc2)[n+]2ccccc12.CCOC(=O)c1nn(-c2ccccc2)[n+]2c1ccc1ccccc12.CCOC(=O)c1nn(-c2ccccc2)[n+]2ccccc12.N#Cc1nn(-c2ccccc2)[n+]2ccccc12.[CH3-].[CH3-].[CH3-].[CH3-].[CH3-].[CH3-].[CH3-].c1ccc(-n2ncc3cccc[n+]32)cc1. The molecule has 0 aliphatic heterocycles. The van der Waals surface area contributed by atoms with Crippen LogP contribution in [0.5, 0.6) is 5.75 Å². The number of methoxy groups -OCH3 is 1. The number of halogens is 1. The maximum absolute atomic E-state index is 12.3. The largest absolute Gasteiger partial charge is 0.497 e. The molecular formula is C111H111BrN22O10. The molecule has 144 heavy (non-hydrogen) atoms. The van der Waals surface area contributed by atoms with Crippen molar-refractivity contribution in [3.8, 4) is 51.6 Å². The second kappa shape index (κ2) is 51.9. The number of carbonyl (C=O) groups excluding carboxylic acids is 5. The molecule has 14 aromatic heterocycles. The van der Waals surface area contributed by atoms with Gasteiger partial charge < -0.3 is 75.7 Å². The van der Waals surface area contributed by atoms with Crippen molar-refractivity contribution in [1.29, 1.82) is 5.26 Å². The van der Waals surface area contributed by atoms with E-state index in [9.17, 15) is 24.0 Å². The maximum Gasteiger partial charge on any atom is 0.390 e. The van der Waals surface area contributed by atoms with E-state index in [-0.39, 0.29) is 57.8 Å². The number of carbonyl (C=O) groups is 5. The first-order chi connectivity index (χ1) is 67.2. The molecule has 0 radical (unpaired) electrons. The van der Waals surface area contributed by atoms with Crippen LogP contribution in [0.4, 0.5) is 0 Å². The molecule has 0 bridgehead atoms. The summed E-state index contributed by atoms with van der Waals surface area (Å²) in [6, 6.07) is 112. The number of Topliss-reactive ketones (excluding diaryl/α,β-unsaturated/α-hetero) is 1. The first-order valence-corrected chi connectivity index (χ1v) is 44.4. The fourth-order valence-electron chi connectivity index (χ4n) is 14.6. The monoisotopic (exact) mass is 1990 g/mol. The smallest absolute Gasteiger partial charge is 0.390 e. The van der Waals surface area contributed by atoms with E-state index in [1.165, 1.54) is 6.92 Å². The van der Waals surface area contributed by atoms with Gasteiger partial charge in [0.25, 0.3) is 5.69 Å². The molecule has 22 aromatic rings. The van der Waals surface area contributed by atoms with Crippen LogP contribution in [0, 0.1) is 63.3 Å². The molecule has 0 N–H and O–H groups in total. The van der Waals surface area contributed by atoms with Crippen molar-refractivity contribution >= 4 is 95.1 Å². The number of esters is 4. The second-order valence-corrected chi connectivity index (χ2v) is 30.5. The van der Waals surface area contributed by atoms with Crippen molar-refractivity contribution in [2.45, 2.75) is 34.6 Å². The van der Waals surface area contributed by atoms with Gasteiger partial charge >= 0.3 is 52.3 Å². The minimum absolute atomic E-state index is 0. The summed E-state index contributed by atoms with van der Waals surface area (Å²) in [7, 11) is 1.62. The Morgan fingerprint density at radius 1 is 0.299 bits per heavy atom. The van der Waals surface area contributed by atoms with Crippen molar-refractivity contribution in [3.63, 3.8) is 0 Å². The predicted octanol–water partition coefficient (Wildman–Crippen LogP) is 17.1. The van der Waals surface area contributed by atoms with Crippen LogP contribution >= 0.6 is 15.9 Å². The maximum atomic E-state index is 12.3. The number of rotatable bonds is 17. The molecule has 22 rings (SSSR count). The fourth-order valence-corrected chi connectivity index (χ4v) is 14.9. The molecule has 33 heteroatoms. The number of hydrogen-bond donors (Lipinski definition) is 0. The molecule has 14 heterocycles. The molecule has 0 saturated heterocycles. The highest BCUT2D eigenvalue weighted by Gasteiger charge is 2.34. The highest BCUT2D eigenvalue weighted by atomic mass is 79.9. The number of nitriles is 1. The average Bonchev–Trinajstić information content (AvgIpc) is 1.58. The number of ketones is 1. The molecule has 0 fully saturated rings. The number of nitrogens with zero attached hydrogens (tertiary/aromatic N) is 22. The second-order valence-electron chi connectivity index (χ2n) is 29.6. The summed E-state index contributed by atoms with van der Waals surface area (Å²) in [5.41, 5.74) is 15.0. The third kappa shape index (κ3) is 24.3. The Bertz CT molecular complexity index is 8050. The number of hydrogen-bond acceptors (Lipinski definition) is 18. The molecule has 0 spiro atoms. The normalized spacial score (nSPS) is 10.2. The molecule has 0 aliphatic rings. The molecule has 0 atom stereocenters. The van der Waals surface area contributed by atoms with E-state index in [1.54, 1.807) is 68.1 Å². The Labute approximate surface area is 843 Å². The van der Waals surface area contributed by atoms with Crippen LogP contribution < -0.4 is 36.3 Å². The first kappa shape index (κ1) is 109. The first-order valence-electron chi connectivity index (χ1n) is 43.6. The summed E-state index contributed by atoms with van der Waals surface area (Å²) in [6.45, 7) is 9.93. The zero-order valence-corrected chi connectivity index (χ0v) is 83.7. The molecular weight excluding hydrogens is 1880 g/mol. The lowest BCUT2D eigenvalue weighted by atomic mass is 10.2. The van der Waals surface area contributed by atoms with E-state index in [1.807, 2.05) is 421 Å². The predicted molar refractivity (Wildman–Crippen MR) is 552 cm³/mol. The van der Waals surface area contributed by atoms with Crippen LogP contribution in [-0.2, 0) is 18.9 Å². The average molecular weight is 1990 g/mol. The topological polar surface area (TPSA) is 309 Å². The van der Waals surface area contributed by atoms with E-state index in [0.717, 1.165) is 88.5 Å². The van der Waals surface area contributed by atoms with Crippen LogP contribution in [0.3, 0.4) is 0 Å². The molecule has 0 unspecified atom stereocenters. The van der Waals surface area contributed by atoms with Crippen LogP contribution in [0.2, 0.25) is 0 Å². The zero-order chi connectivity index (χ0) is 95.1. The summed E-state index contributed by atoms with van der Waals surface area (Å²) in [6.07, 6.45) is 13.2. The van der Waals surface area contributed by atoms with Gasteiger partial charge in [0.2, 0.25) is 45.1 Å². The van der Waals surface area contributed by atoms with Crippen LogP contribution in [-0.4, -0.2) is 132 Å². The number of fused-ring (bicyclic) bond motifs is 9. The Hall–Kier alpha value is -18.3. The van der Waals surface area contributed by atoms with E-state index < -0.39 is 23.9 Å². The highest BCUT2D eigenvalue weighted by molar-refractivity contribution is 9.10. The summed E-state index contributed by atoms with van der Waals surface area (Å²) >= 11 is 3.41. The summed E-state index contributed by atoms with van der Waals surface area (Å²) < 4.78 is 39.6. The lowest BCUT2D eigenvalue weighted by molar-refractivity contribution is -0.604. The number of aromatic nitrogens is 21. The highest BCUT2D eigenvalue weighted by Crippen LogP contribution is 2.22. The van der Waals surface area contributed by atoms with E-state index >= 15 is 0 Å². The van der Waals surface area contributed by atoms with Crippen molar-refractivity contribution in [2.75, 3.05) is 33.5 Å². The summed E-state index contributed by atoms with van der Waals surface area (Å²) in [5, 5.41) is 40.9. The van der Waals surface area contributed by atoms with Crippen molar-refractivity contribution in [3.05, 3.63) is 480 Å². The summed E-state index contributed by atoms with van der Waals surface area (Å²) in [4.78, 5) is 72.1. The third-order valence-corrected chi connectivity index (χ3v) is 21.4. The van der Waals surface area contributed by atoms with Gasteiger partial charge in [-0.2, -0.15) is 5.26 Å². The van der Waals surface area contributed by atoms with Gasteiger partial charge in [0.15, 0.2) is 17.1 Å². The van der Waals surface area contributed by atoms with Crippen LogP contribution in [0.25, 0.3) is 89.3 Å². The van der Waals surface area contributed by atoms with Gasteiger partial charge in [-0.25, -0.2) is 19.2 Å². The third-order valence-electron chi connectivity index (χ3n) is 20.8.